The summed E-state index contributed by atoms with van der Waals surface area (Å²) in [5, 5.41) is 0. The highest BCUT2D eigenvalue weighted by Gasteiger charge is 2.20. The minimum atomic E-state index is -1.51. The molecule has 2 rings (SSSR count). The van der Waals surface area contributed by atoms with Gasteiger partial charge in [0, 0.05) is 5.56 Å². The van der Waals surface area contributed by atoms with E-state index in [2.05, 4.69) is 4.74 Å². The van der Waals surface area contributed by atoms with Gasteiger partial charge in [-0.25, -0.2) is 13.2 Å². The second kappa shape index (κ2) is 6.51. The maximum atomic E-state index is 14.1. The average Bonchev–Trinajstić information content (AvgIpc) is 2.56. The van der Waals surface area contributed by atoms with Crippen molar-refractivity contribution in [3.63, 3.8) is 0 Å². The number of hydrogen-bond acceptors (Lipinski definition) is 2. The summed E-state index contributed by atoms with van der Waals surface area (Å²) in [7, 11) is 2.57. The molecule has 0 atom stereocenters. The van der Waals surface area contributed by atoms with E-state index in [4.69, 9.17) is 4.74 Å². The van der Waals surface area contributed by atoms with Gasteiger partial charge in [-0.05, 0) is 36.4 Å². The Morgan fingerprint density at radius 1 is 0.773 bits per heavy atom. The lowest BCUT2D eigenvalue weighted by Gasteiger charge is -2.07. The van der Waals surface area contributed by atoms with Crippen LogP contribution in [0.4, 0.5) is 17.6 Å². The van der Waals surface area contributed by atoms with Crippen molar-refractivity contribution in [2.75, 3.05) is 14.2 Å². The molecule has 0 fully saturated rings. The molecule has 2 aromatic rings. The van der Waals surface area contributed by atoms with Gasteiger partial charge in [0.1, 0.15) is 5.75 Å². The maximum absolute atomic E-state index is 14.1. The Bertz CT molecular complexity index is 709. The molecule has 0 saturated heterocycles. The first-order valence-corrected chi connectivity index (χ1v) is 6.21. The Morgan fingerprint density at radius 2 is 1.41 bits per heavy atom. The lowest BCUT2D eigenvalue weighted by atomic mass is 10.1. The molecule has 0 aliphatic heterocycles. The van der Waals surface area contributed by atoms with Crippen molar-refractivity contribution in [2.24, 2.45) is 0 Å². The molecular weight excluding hydrogens is 300 g/mol. The number of rotatable bonds is 4. The van der Waals surface area contributed by atoms with Gasteiger partial charge in [0.15, 0.2) is 23.2 Å². The second-order valence-electron chi connectivity index (χ2n) is 4.30. The quantitative estimate of drug-likeness (QED) is 0.599. The van der Waals surface area contributed by atoms with Crippen LogP contribution in [0.25, 0.3) is 11.7 Å². The van der Waals surface area contributed by atoms with E-state index in [1.165, 1.54) is 31.4 Å². The fourth-order valence-corrected chi connectivity index (χ4v) is 1.84. The third kappa shape index (κ3) is 2.90. The summed E-state index contributed by atoms with van der Waals surface area (Å²) < 4.78 is 65.0. The van der Waals surface area contributed by atoms with Crippen molar-refractivity contribution >= 4 is 11.7 Å². The Labute approximate surface area is 124 Å². The Balaban J connectivity index is 2.48. The van der Waals surface area contributed by atoms with Crippen LogP contribution in [0.3, 0.4) is 0 Å². The van der Waals surface area contributed by atoms with Crippen LogP contribution in [0.5, 0.6) is 11.5 Å². The Morgan fingerprint density at radius 3 is 1.95 bits per heavy atom. The molecule has 0 radical (unpaired) electrons. The molecule has 6 heteroatoms. The molecule has 0 heterocycles. The van der Waals surface area contributed by atoms with Crippen molar-refractivity contribution in [1.82, 2.24) is 0 Å². The molecule has 0 amide bonds. The van der Waals surface area contributed by atoms with E-state index in [0.29, 0.717) is 5.75 Å². The number of ether oxygens (including phenoxy) is 2. The van der Waals surface area contributed by atoms with Crippen molar-refractivity contribution in [3.05, 3.63) is 59.2 Å². The zero-order valence-corrected chi connectivity index (χ0v) is 11.8. The van der Waals surface area contributed by atoms with Crippen molar-refractivity contribution in [1.29, 1.82) is 0 Å². The average molecular weight is 312 g/mol. The molecule has 0 aliphatic carbocycles. The van der Waals surface area contributed by atoms with Crippen molar-refractivity contribution in [3.8, 4) is 11.5 Å². The van der Waals surface area contributed by atoms with E-state index in [0.717, 1.165) is 19.2 Å². The molecule has 0 unspecified atom stereocenters. The predicted octanol–water partition coefficient (Wildman–Crippen LogP) is 4.75. The van der Waals surface area contributed by atoms with E-state index in [1.807, 2.05) is 0 Å². The van der Waals surface area contributed by atoms with Gasteiger partial charge in [-0.3, -0.25) is 0 Å². The highest BCUT2D eigenvalue weighted by Crippen LogP contribution is 2.33. The van der Waals surface area contributed by atoms with Gasteiger partial charge >= 0.3 is 0 Å². The van der Waals surface area contributed by atoms with E-state index < -0.39 is 28.9 Å². The first kappa shape index (κ1) is 15.9. The molecule has 0 bridgehead atoms. The van der Waals surface area contributed by atoms with Crippen LogP contribution in [-0.4, -0.2) is 14.2 Å². The number of halogens is 4. The fourth-order valence-electron chi connectivity index (χ4n) is 1.84. The van der Waals surface area contributed by atoms with Gasteiger partial charge in [-0.15, -0.1) is 0 Å². The van der Waals surface area contributed by atoms with Crippen molar-refractivity contribution in [2.45, 2.75) is 0 Å². The summed E-state index contributed by atoms with van der Waals surface area (Å²) in [6, 6.07) is 7.32. The largest absolute Gasteiger partial charge is 0.497 e. The SMILES string of the molecule is COc1ccc(/C(F)=C(\F)c2ccc(OC)c(F)c2F)cc1. The minimum Gasteiger partial charge on any atom is -0.497 e. The normalized spacial score (nSPS) is 11.9. The zero-order valence-electron chi connectivity index (χ0n) is 11.8. The van der Waals surface area contributed by atoms with Crippen LogP contribution in [0.15, 0.2) is 36.4 Å². The van der Waals surface area contributed by atoms with Crippen LogP contribution in [0.2, 0.25) is 0 Å². The second-order valence-corrected chi connectivity index (χ2v) is 4.30. The van der Waals surface area contributed by atoms with Crippen molar-refractivity contribution < 1.29 is 27.0 Å². The molecule has 116 valence electrons. The Hall–Kier alpha value is -2.50. The highest BCUT2D eigenvalue weighted by molar-refractivity contribution is 5.83. The van der Waals surface area contributed by atoms with Crippen LogP contribution < -0.4 is 9.47 Å². The van der Waals surface area contributed by atoms with Gasteiger partial charge in [-0.1, -0.05) is 0 Å². The summed E-state index contributed by atoms with van der Waals surface area (Å²) in [6.07, 6.45) is 0. The Kier molecular flexibility index (Phi) is 4.70. The third-order valence-corrected chi connectivity index (χ3v) is 3.04. The summed E-state index contributed by atoms with van der Waals surface area (Å²) in [5.41, 5.74) is -0.930. The highest BCUT2D eigenvalue weighted by atomic mass is 19.2. The monoisotopic (exact) mass is 312 g/mol. The lowest BCUT2D eigenvalue weighted by Crippen LogP contribution is -1.97. The van der Waals surface area contributed by atoms with Gasteiger partial charge in [0.25, 0.3) is 0 Å². The van der Waals surface area contributed by atoms with E-state index in [9.17, 15) is 17.6 Å². The standard InChI is InChI=1S/C16H12F4O2/c1-21-10-5-3-9(4-6-10)13(17)14(18)11-7-8-12(22-2)16(20)15(11)19/h3-8H,1-2H3/b14-13+. The molecule has 0 spiro atoms. The van der Waals surface area contributed by atoms with Crippen LogP contribution in [0.1, 0.15) is 11.1 Å². The number of hydrogen-bond donors (Lipinski definition) is 0. The molecule has 0 aliphatic rings. The predicted molar refractivity (Wildman–Crippen MR) is 74.9 cm³/mol. The molecule has 0 N–H and O–H groups in total. The first-order chi connectivity index (χ1) is 10.5. The van der Waals surface area contributed by atoms with E-state index >= 15 is 0 Å². The van der Waals surface area contributed by atoms with Crippen LogP contribution in [-0.2, 0) is 0 Å². The van der Waals surface area contributed by atoms with Gasteiger partial charge in [0.2, 0.25) is 5.82 Å². The molecule has 2 nitrogen and oxygen atoms in total. The molecule has 22 heavy (non-hydrogen) atoms. The zero-order chi connectivity index (χ0) is 16.3. The lowest BCUT2D eigenvalue weighted by molar-refractivity contribution is 0.371. The summed E-state index contributed by atoms with van der Waals surface area (Å²) in [4.78, 5) is 0. The number of benzene rings is 2. The molecular formula is C16H12F4O2. The third-order valence-electron chi connectivity index (χ3n) is 3.04. The van der Waals surface area contributed by atoms with Gasteiger partial charge in [0.05, 0.1) is 19.8 Å². The van der Waals surface area contributed by atoms with Crippen LogP contribution >= 0.6 is 0 Å². The first-order valence-electron chi connectivity index (χ1n) is 6.21. The summed E-state index contributed by atoms with van der Waals surface area (Å²) >= 11 is 0. The fraction of sp³-hybridized carbons (Fsp3) is 0.125. The van der Waals surface area contributed by atoms with E-state index in [1.54, 1.807) is 0 Å². The van der Waals surface area contributed by atoms with E-state index in [-0.39, 0.29) is 11.3 Å². The van der Waals surface area contributed by atoms with Gasteiger partial charge < -0.3 is 9.47 Å². The van der Waals surface area contributed by atoms with Gasteiger partial charge in [-0.2, -0.15) is 4.39 Å². The summed E-state index contributed by atoms with van der Waals surface area (Å²) in [6.45, 7) is 0. The molecule has 2 aromatic carbocycles. The topological polar surface area (TPSA) is 18.5 Å². The number of methoxy groups -OCH3 is 2. The van der Waals surface area contributed by atoms with Crippen LogP contribution in [0, 0.1) is 11.6 Å². The molecule has 0 aromatic heterocycles. The minimum absolute atomic E-state index is 0.117. The molecule has 0 saturated carbocycles. The maximum Gasteiger partial charge on any atom is 0.201 e. The summed E-state index contributed by atoms with van der Waals surface area (Å²) in [5.74, 6) is -5.62. The smallest absolute Gasteiger partial charge is 0.201 e.